The highest BCUT2D eigenvalue weighted by Crippen LogP contribution is 2.17. The minimum absolute atomic E-state index is 0.0140. The van der Waals surface area contributed by atoms with Crippen molar-refractivity contribution in [3.63, 3.8) is 0 Å². The number of nitrogens with two attached hydrogens (primary N) is 2. The predicted octanol–water partition coefficient (Wildman–Crippen LogP) is -0.686. The Hall–Kier alpha value is -2.77. The number of aliphatic imine (C=N–C) groups is 1. The van der Waals surface area contributed by atoms with Crippen LogP contribution in [0.4, 0.5) is 0 Å². The summed E-state index contributed by atoms with van der Waals surface area (Å²) in [5, 5.41) is 12.1. The van der Waals surface area contributed by atoms with E-state index in [1.807, 2.05) is 0 Å². The Bertz CT molecular complexity index is 625. The average molecular weight is 333 g/mol. The van der Waals surface area contributed by atoms with E-state index in [9.17, 15) is 14.7 Å². The number of aromatic hydroxyl groups is 1. The first-order valence-electron chi connectivity index (χ1n) is 7.79. The molecule has 0 saturated carbocycles. The summed E-state index contributed by atoms with van der Waals surface area (Å²) in [4.78, 5) is 30.1. The van der Waals surface area contributed by atoms with Crippen molar-refractivity contribution >= 4 is 17.8 Å². The van der Waals surface area contributed by atoms with Crippen LogP contribution < -0.4 is 16.8 Å². The molecule has 0 aromatic heterocycles. The number of hydrogen-bond acceptors (Lipinski definition) is 4. The summed E-state index contributed by atoms with van der Waals surface area (Å²) in [6.45, 7) is 0.419. The third kappa shape index (κ3) is 4.37. The van der Waals surface area contributed by atoms with Gasteiger partial charge in [-0.2, -0.15) is 0 Å². The number of carbonyl (C=O) groups is 2. The van der Waals surface area contributed by atoms with Gasteiger partial charge in [0.05, 0.1) is 0 Å². The van der Waals surface area contributed by atoms with Crippen LogP contribution in [-0.4, -0.2) is 53.5 Å². The lowest BCUT2D eigenvalue weighted by Gasteiger charge is -2.36. The lowest BCUT2D eigenvalue weighted by molar-refractivity contribution is -0.147. The van der Waals surface area contributed by atoms with E-state index in [2.05, 4.69) is 10.3 Å². The SMILES string of the molecule is CN1C(=O)C(CCCN=C(N)N)NC(=O)C1Cc1ccc(O)cc1. The smallest absolute Gasteiger partial charge is 0.245 e. The minimum Gasteiger partial charge on any atom is -0.508 e. The molecule has 1 aliphatic heterocycles. The van der Waals surface area contributed by atoms with E-state index in [1.54, 1.807) is 31.3 Å². The number of benzene rings is 1. The standard InChI is InChI=1S/C16H23N5O3/c1-21-13(9-10-4-6-11(22)7-5-10)14(23)20-12(15(21)24)3-2-8-19-16(17)18/h4-7,12-13,22H,2-3,8-9H2,1H3,(H,20,23)(H4,17,18,19). The molecule has 0 radical (unpaired) electrons. The van der Waals surface area contributed by atoms with Gasteiger partial charge in [0.25, 0.3) is 0 Å². The quantitative estimate of drug-likeness (QED) is 0.311. The zero-order valence-electron chi connectivity index (χ0n) is 13.6. The molecule has 1 aliphatic rings. The third-order valence-corrected chi connectivity index (χ3v) is 4.04. The third-order valence-electron chi connectivity index (χ3n) is 4.04. The van der Waals surface area contributed by atoms with Gasteiger partial charge >= 0.3 is 0 Å². The van der Waals surface area contributed by atoms with Crippen molar-refractivity contribution in [3.8, 4) is 5.75 Å². The molecule has 2 rings (SSSR count). The highest BCUT2D eigenvalue weighted by Gasteiger charge is 2.37. The fourth-order valence-electron chi connectivity index (χ4n) is 2.69. The van der Waals surface area contributed by atoms with Gasteiger partial charge < -0.3 is 26.8 Å². The van der Waals surface area contributed by atoms with Gasteiger partial charge in [0.1, 0.15) is 17.8 Å². The van der Waals surface area contributed by atoms with Gasteiger partial charge in [-0.1, -0.05) is 12.1 Å². The minimum atomic E-state index is -0.559. The van der Waals surface area contributed by atoms with Gasteiger partial charge in [-0.05, 0) is 30.5 Å². The Morgan fingerprint density at radius 3 is 2.58 bits per heavy atom. The zero-order chi connectivity index (χ0) is 17.7. The van der Waals surface area contributed by atoms with Gasteiger partial charge in [0.2, 0.25) is 11.8 Å². The number of phenols is 1. The second-order valence-corrected chi connectivity index (χ2v) is 5.85. The summed E-state index contributed by atoms with van der Waals surface area (Å²) in [5.74, 6) is -0.128. The van der Waals surface area contributed by atoms with Crippen molar-refractivity contribution in [3.05, 3.63) is 29.8 Å². The second kappa shape index (κ2) is 7.67. The monoisotopic (exact) mass is 333 g/mol. The van der Waals surface area contributed by atoms with Crippen LogP contribution in [0.25, 0.3) is 0 Å². The summed E-state index contributed by atoms with van der Waals surface area (Å²) in [5.41, 5.74) is 11.4. The fourth-order valence-corrected chi connectivity index (χ4v) is 2.69. The lowest BCUT2D eigenvalue weighted by atomic mass is 9.98. The fraction of sp³-hybridized carbons (Fsp3) is 0.438. The molecule has 8 nitrogen and oxygen atoms in total. The highest BCUT2D eigenvalue weighted by molar-refractivity contribution is 5.96. The number of amides is 2. The molecule has 1 aromatic rings. The summed E-state index contributed by atoms with van der Waals surface area (Å²) >= 11 is 0. The van der Waals surface area contributed by atoms with E-state index in [0.29, 0.717) is 25.8 Å². The van der Waals surface area contributed by atoms with Crippen LogP contribution in [-0.2, 0) is 16.0 Å². The molecule has 0 bridgehead atoms. The van der Waals surface area contributed by atoms with Gasteiger partial charge in [0.15, 0.2) is 5.96 Å². The number of nitrogens with one attached hydrogen (secondary N) is 1. The number of phenolic OH excluding ortho intramolecular Hbond substituents is 1. The maximum atomic E-state index is 12.4. The molecule has 0 aliphatic carbocycles. The first kappa shape index (κ1) is 17.6. The number of nitrogens with zero attached hydrogens (tertiary/aromatic N) is 2. The zero-order valence-corrected chi connectivity index (χ0v) is 13.6. The van der Waals surface area contributed by atoms with Crippen LogP contribution in [0.1, 0.15) is 18.4 Å². The molecule has 1 saturated heterocycles. The average Bonchev–Trinajstić information content (AvgIpc) is 2.54. The largest absolute Gasteiger partial charge is 0.508 e. The van der Waals surface area contributed by atoms with E-state index >= 15 is 0 Å². The van der Waals surface area contributed by atoms with Crippen LogP contribution in [0.2, 0.25) is 0 Å². The molecule has 2 unspecified atom stereocenters. The number of carbonyl (C=O) groups excluding carboxylic acids is 2. The summed E-state index contributed by atoms with van der Waals surface area (Å²) < 4.78 is 0. The maximum absolute atomic E-state index is 12.4. The van der Waals surface area contributed by atoms with Gasteiger partial charge in [-0.3, -0.25) is 14.6 Å². The molecule has 2 atom stereocenters. The van der Waals surface area contributed by atoms with E-state index < -0.39 is 12.1 Å². The molecule has 130 valence electrons. The highest BCUT2D eigenvalue weighted by atomic mass is 16.3. The van der Waals surface area contributed by atoms with Crippen molar-refractivity contribution in [2.45, 2.75) is 31.3 Å². The van der Waals surface area contributed by atoms with E-state index in [-0.39, 0.29) is 23.5 Å². The van der Waals surface area contributed by atoms with Gasteiger partial charge in [-0.15, -0.1) is 0 Å². The van der Waals surface area contributed by atoms with Crippen LogP contribution in [0.5, 0.6) is 5.75 Å². The van der Waals surface area contributed by atoms with Gasteiger partial charge in [-0.25, -0.2) is 0 Å². The van der Waals surface area contributed by atoms with Crippen molar-refractivity contribution in [2.75, 3.05) is 13.6 Å². The van der Waals surface area contributed by atoms with Crippen molar-refractivity contribution in [1.29, 1.82) is 0 Å². The number of likely N-dealkylation sites (N-methyl/N-ethyl adjacent to an activating group) is 1. The van der Waals surface area contributed by atoms with E-state index in [1.165, 1.54) is 4.90 Å². The van der Waals surface area contributed by atoms with Crippen LogP contribution in [0, 0.1) is 0 Å². The Labute approximate surface area is 140 Å². The van der Waals surface area contributed by atoms with Gasteiger partial charge in [0, 0.05) is 20.0 Å². The molecule has 1 fully saturated rings. The van der Waals surface area contributed by atoms with Crippen molar-refractivity contribution in [1.82, 2.24) is 10.2 Å². The predicted molar refractivity (Wildman–Crippen MR) is 90.2 cm³/mol. The molecular weight excluding hydrogens is 310 g/mol. The number of rotatable bonds is 6. The second-order valence-electron chi connectivity index (χ2n) is 5.85. The molecular formula is C16H23N5O3. The molecule has 24 heavy (non-hydrogen) atoms. The summed E-state index contributed by atoms with van der Waals surface area (Å²) in [6.07, 6.45) is 1.48. The lowest BCUT2D eigenvalue weighted by Crippen LogP contribution is -2.62. The van der Waals surface area contributed by atoms with Crippen LogP contribution in [0.3, 0.4) is 0 Å². The molecule has 2 amide bonds. The molecule has 6 N–H and O–H groups in total. The topological polar surface area (TPSA) is 134 Å². The summed E-state index contributed by atoms with van der Waals surface area (Å²) in [7, 11) is 1.63. The molecule has 8 heteroatoms. The van der Waals surface area contributed by atoms with E-state index in [0.717, 1.165) is 5.56 Å². The van der Waals surface area contributed by atoms with Crippen LogP contribution in [0.15, 0.2) is 29.3 Å². The summed E-state index contributed by atoms with van der Waals surface area (Å²) in [6, 6.07) is 5.49. The number of guanidine groups is 1. The molecule has 1 aromatic carbocycles. The Balaban J connectivity index is 1.96. The van der Waals surface area contributed by atoms with Crippen molar-refractivity contribution < 1.29 is 14.7 Å². The number of piperazine rings is 1. The normalized spacial score (nSPS) is 20.6. The van der Waals surface area contributed by atoms with Crippen LogP contribution >= 0.6 is 0 Å². The van der Waals surface area contributed by atoms with Crippen molar-refractivity contribution in [2.24, 2.45) is 16.5 Å². The number of hydrogen-bond donors (Lipinski definition) is 4. The van der Waals surface area contributed by atoms with E-state index in [4.69, 9.17) is 11.5 Å². The Morgan fingerprint density at radius 2 is 1.96 bits per heavy atom. The molecule has 1 heterocycles. The maximum Gasteiger partial charge on any atom is 0.245 e. The molecule has 0 spiro atoms. The Morgan fingerprint density at radius 1 is 1.29 bits per heavy atom. The first-order chi connectivity index (χ1) is 11.4. The first-order valence-corrected chi connectivity index (χ1v) is 7.79. The Kier molecular flexibility index (Phi) is 5.62.